The lowest BCUT2D eigenvalue weighted by Gasteiger charge is -2.16. The van der Waals surface area contributed by atoms with Gasteiger partial charge < -0.3 is 4.57 Å². The maximum Gasteiger partial charge on any atom is 0.268 e. The second kappa shape index (κ2) is 5.48. The van der Waals surface area contributed by atoms with Crippen molar-refractivity contribution >= 4 is 16.8 Å². The molecule has 5 rings (SSSR count). The van der Waals surface area contributed by atoms with Crippen molar-refractivity contribution in [2.75, 3.05) is 0 Å². The molecular weight excluding hydrogens is 350 g/mol. The van der Waals surface area contributed by atoms with Crippen molar-refractivity contribution < 1.29 is 13.6 Å². The van der Waals surface area contributed by atoms with Crippen molar-refractivity contribution in [1.82, 2.24) is 9.13 Å². The SMILES string of the molecule is O=C1c2c(n(Cc3cccc(F)c3)c3cc(F)ccc3c2=O)-c2cccn21. The summed E-state index contributed by atoms with van der Waals surface area (Å²) in [6.07, 6.45) is 1.59. The average Bonchev–Trinajstić information content (AvgIpc) is 3.21. The zero-order valence-corrected chi connectivity index (χ0v) is 13.9. The van der Waals surface area contributed by atoms with E-state index in [2.05, 4.69) is 0 Å². The number of benzene rings is 2. The predicted octanol–water partition coefficient (Wildman–Crippen LogP) is 3.80. The third-order valence-electron chi connectivity index (χ3n) is 4.88. The highest BCUT2D eigenvalue weighted by molar-refractivity contribution is 6.10. The van der Waals surface area contributed by atoms with Crippen LogP contribution in [0.1, 0.15) is 15.9 Å². The highest BCUT2D eigenvalue weighted by Crippen LogP contribution is 2.33. The van der Waals surface area contributed by atoms with Crippen LogP contribution in [-0.4, -0.2) is 15.0 Å². The Morgan fingerprint density at radius 1 is 0.889 bits per heavy atom. The van der Waals surface area contributed by atoms with E-state index in [1.54, 1.807) is 35.0 Å². The summed E-state index contributed by atoms with van der Waals surface area (Å²) in [4.78, 5) is 25.7. The quantitative estimate of drug-likeness (QED) is 0.479. The number of aromatic nitrogens is 2. The molecule has 0 aliphatic carbocycles. The monoisotopic (exact) mass is 362 g/mol. The Morgan fingerprint density at radius 3 is 2.52 bits per heavy atom. The molecule has 0 unspecified atom stereocenters. The summed E-state index contributed by atoms with van der Waals surface area (Å²) in [6, 6.07) is 13.3. The van der Waals surface area contributed by atoms with Gasteiger partial charge in [-0.05, 0) is 48.0 Å². The smallest absolute Gasteiger partial charge is 0.268 e. The number of halogens is 2. The highest BCUT2D eigenvalue weighted by Gasteiger charge is 2.32. The van der Waals surface area contributed by atoms with Crippen molar-refractivity contribution in [3.8, 4) is 11.4 Å². The maximum atomic E-state index is 14.0. The minimum absolute atomic E-state index is 0.0566. The Labute approximate surface area is 151 Å². The topological polar surface area (TPSA) is 44.0 Å². The van der Waals surface area contributed by atoms with E-state index in [1.165, 1.54) is 34.9 Å². The molecule has 0 bridgehead atoms. The zero-order chi connectivity index (χ0) is 18.7. The molecule has 2 aromatic carbocycles. The lowest BCUT2D eigenvalue weighted by Crippen LogP contribution is -2.20. The van der Waals surface area contributed by atoms with Crippen molar-refractivity contribution in [2.24, 2.45) is 0 Å². The second-order valence-corrected chi connectivity index (χ2v) is 6.50. The van der Waals surface area contributed by atoms with Gasteiger partial charge in [-0.3, -0.25) is 14.2 Å². The van der Waals surface area contributed by atoms with E-state index < -0.39 is 17.2 Å². The number of hydrogen-bond acceptors (Lipinski definition) is 2. The van der Waals surface area contributed by atoms with Gasteiger partial charge in [-0.2, -0.15) is 0 Å². The van der Waals surface area contributed by atoms with Crippen LogP contribution >= 0.6 is 0 Å². The fourth-order valence-electron chi connectivity index (χ4n) is 3.74. The molecule has 4 aromatic rings. The van der Waals surface area contributed by atoms with Gasteiger partial charge in [0.15, 0.2) is 0 Å². The van der Waals surface area contributed by atoms with E-state index in [0.717, 1.165) is 0 Å². The fourth-order valence-corrected chi connectivity index (χ4v) is 3.74. The Bertz CT molecular complexity index is 1320. The Balaban J connectivity index is 1.90. The number of pyridine rings is 1. The van der Waals surface area contributed by atoms with E-state index in [4.69, 9.17) is 0 Å². The van der Waals surface area contributed by atoms with Gasteiger partial charge in [-0.1, -0.05) is 12.1 Å². The van der Waals surface area contributed by atoms with Gasteiger partial charge in [0.1, 0.15) is 17.2 Å². The minimum Gasteiger partial charge on any atom is -0.334 e. The van der Waals surface area contributed by atoms with Crippen LogP contribution in [0.3, 0.4) is 0 Å². The molecule has 2 aromatic heterocycles. The van der Waals surface area contributed by atoms with Gasteiger partial charge in [0.2, 0.25) is 5.43 Å². The lowest BCUT2D eigenvalue weighted by atomic mass is 10.1. The Hall–Kier alpha value is -3.54. The predicted molar refractivity (Wildman–Crippen MR) is 96.8 cm³/mol. The van der Waals surface area contributed by atoms with Crippen LogP contribution < -0.4 is 5.43 Å². The van der Waals surface area contributed by atoms with Crippen molar-refractivity contribution in [1.29, 1.82) is 0 Å². The summed E-state index contributed by atoms with van der Waals surface area (Å²) in [5, 5.41) is 0.255. The molecule has 0 radical (unpaired) electrons. The van der Waals surface area contributed by atoms with E-state index in [-0.39, 0.29) is 23.3 Å². The summed E-state index contributed by atoms with van der Waals surface area (Å²) in [6.45, 7) is 0.193. The molecule has 1 aliphatic rings. The standard InChI is InChI=1S/C21H12F2N2O2/c22-13-4-1-3-12(9-13)11-25-17-10-14(23)6-7-15(17)20(26)18-19(25)16-5-2-8-24(16)21(18)27/h1-10H,11H2. The van der Waals surface area contributed by atoms with Gasteiger partial charge in [-0.15, -0.1) is 0 Å². The number of hydrogen-bond donors (Lipinski definition) is 0. The first-order valence-corrected chi connectivity index (χ1v) is 8.37. The maximum absolute atomic E-state index is 14.0. The number of nitrogens with zero attached hydrogens (tertiary/aromatic N) is 2. The number of carbonyl (C=O) groups excluding carboxylic acids is 1. The molecule has 6 heteroatoms. The van der Waals surface area contributed by atoms with E-state index >= 15 is 0 Å². The first kappa shape index (κ1) is 15.7. The van der Waals surface area contributed by atoms with Gasteiger partial charge >= 0.3 is 0 Å². The summed E-state index contributed by atoms with van der Waals surface area (Å²) in [7, 11) is 0. The molecule has 0 atom stereocenters. The fraction of sp³-hybridized carbons (Fsp3) is 0.0476. The van der Waals surface area contributed by atoms with Crippen LogP contribution in [0.25, 0.3) is 22.3 Å². The highest BCUT2D eigenvalue weighted by atomic mass is 19.1. The van der Waals surface area contributed by atoms with Crippen LogP contribution in [0.5, 0.6) is 0 Å². The van der Waals surface area contributed by atoms with Crippen LogP contribution in [0.2, 0.25) is 0 Å². The first-order valence-electron chi connectivity index (χ1n) is 8.37. The van der Waals surface area contributed by atoms with Crippen LogP contribution in [0, 0.1) is 11.6 Å². The zero-order valence-electron chi connectivity index (χ0n) is 13.9. The third-order valence-corrected chi connectivity index (χ3v) is 4.88. The van der Waals surface area contributed by atoms with Crippen LogP contribution in [0.15, 0.2) is 65.6 Å². The average molecular weight is 362 g/mol. The molecule has 4 nitrogen and oxygen atoms in total. The molecule has 0 N–H and O–H groups in total. The summed E-state index contributed by atoms with van der Waals surface area (Å²) >= 11 is 0. The van der Waals surface area contributed by atoms with E-state index in [1.807, 2.05) is 0 Å². The molecular formula is C21H12F2N2O2. The summed E-state index contributed by atoms with van der Waals surface area (Å²) in [5.41, 5.74) is 1.63. The van der Waals surface area contributed by atoms with Gasteiger partial charge in [0.25, 0.3) is 5.91 Å². The van der Waals surface area contributed by atoms with E-state index in [9.17, 15) is 18.4 Å². The van der Waals surface area contributed by atoms with Crippen molar-refractivity contribution in [3.05, 3.63) is 93.8 Å². The Kier molecular flexibility index (Phi) is 3.18. The number of rotatable bonds is 2. The molecule has 0 amide bonds. The van der Waals surface area contributed by atoms with Crippen molar-refractivity contribution in [3.63, 3.8) is 0 Å². The normalized spacial score (nSPS) is 12.4. The van der Waals surface area contributed by atoms with Crippen molar-refractivity contribution in [2.45, 2.75) is 6.54 Å². The number of fused-ring (bicyclic) bond motifs is 4. The van der Waals surface area contributed by atoms with Crippen LogP contribution in [0.4, 0.5) is 8.78 Å². The third kappa shape index (κ3) is 2.19. The molecule has 0 spiro atoms. The first-order chi connectivity index (χ1) is 13.0. The Morgan fingerprint density at radius 2 is 1.70 bits per heavy atom. The van der Waals surface area contributed by atoms with Crippen LogP contribution in [-0.2, 0) is 6.54 Å². The van der Waals surface area contributed by atoms with E-state index in [0.29, 0.717) is 22.5 Å². The summed E-state index contributed by atoms with van der Waals surface area (Å²) < 4.78 is 30.7. The molecule has 0 saturated heterocycles. The number of carbonyl (C=O) groups is 1. The summed E-state index contributed by atoms with van der Waals surface area (Å²) in [5.74, 6) is -1.29. The van der Waals surface area contributed by atoms with Gasteiger partial charge in [-0.25, -0.2) is 8.78 Å². The molecule has 0 saturated carbocycles. The van der Waals surface area contributed by atoms with Gasteiger partial charge in [0.05, 0.1) is 16.9 Å². The largest absolute Gasteiger partial charge is 0.334 e. The molecule has 27 heavy (non-hydrogen) atoms. The molecule has 3 heterocycles. The van der Waals surface area contributed by atoms with Gasteiger partial charge in [0, 0.05) is 18.1 Å². The molecule has 1 aliphatic heterocycles. The minimum atomic E-state index is -0.491. The lowest BCUT2D eigenvalue weighted by molar-refractivity contribution is 0.0968. The molecule has 0 fully saturated rings. The second-order valence-electron chi connectivity index (χ2n) is 6.50. The molecule has 132 valence electrons.